The molecule has 2 rings (SSSR count). The zero-order valence-electron chi connectivity index (χ0n) is 11.8. The molecule has 1 atom stereocenters. The molecule has 0 spiro atoms. The van der Waals surface area contributed by atoms with Crippen molar-refractivity contribution < 1.29 is 13.2 Å². The summed E-state index contributed by atoms with van der Waals surface area (Å²) >= 11 is 5.93. The molecule has 1 aromatic heterocycles. The van der Waals surface area contributed by atoms with Gasteiger partial charge in [0.2, 0.25) is 0 Å². The normalized spacial score (nSPS) is 13.3. The minimum atomic E-state index is -4.40. The van der Waals surface area contributed by atoms with Gasteiger partial charge in [-0.15, -0.1) is 0 Å². The van der Waals surface area contributed by atoms with E-state index in [1.54, 1.807) is 4.68 Å². The Bertz CT molecular complexity index is 649. The van der Waals surface area contributed by atoms with Gasteiger partial charge in [-0.05, 0) is 32.0 Å². The van der Waals surface area contributed by atoms with Gasteiger partial charge in [0.1, 0.15) is 0 Å². The van der Waals surface area contributed by atoms with E-state index in [9.17, 15) is 13.2 Å². The number of alkyl halides is 3. The Kier molecular flexibility index (Phi) is 4.18. The number of nitrogens with zero attached hydrogens (tertiary/aromatic N) is 2. The van der Waals surface area contributed by atoms with Crippen LogP contribution in [0.2, 0.25) is 5.02 Å². The second-order valence-corrected chi connectivity index (χ2v) is 5.31. The van der Waals surface area contributed by atoms with Crippen molar-refractivity contribution in [3.8, 4) is 0 Å². The summed E-state index contributed by atoms with van der Waals surface area (Å²) in [5.74, 6) is 0. The van der Waals surface area contributed by atoms with E-state index in [0.29, 0.717) is 5.69 Å². The third-order valence-electron chi connectivity index (χ3n) is 3.19. The lowest BCUT2D eigenvalue weighted by molar-refractivity contribution is -0.137. The maximum absolute atomic E-state index is 12.6. The molecule has 0 amide bonds. The fourth-order valence-corrected chi connectivity index (χ4v) is 2.40. The van der Waals surface area contributed by atoms with Crippen LogP contribution < -0.4 is 5.32 Å². The monoisotopic (exact) mass is 317 g/mol. The first-order chi connectivity index (χ1) is 9.68. The van der Waals surface area contributed by atoms with E-state index in [4.69, 9.17) is 11.6 Å². The van der Waals surface area contributed by atoms with E-state index in [1.165, 1.54) is 6.07 Å². The Morgan fingerprint density at radius 1 is 1.33 bits per heavy atom. The van der Waals surface area contributed by atoms with Gasteiger partial charge in [0.05, 0.1) is 28.0 Å². The Morgan fingerprint density at radius 3 is 2.48 bits per heavy atom. The highest BCUT2D eigenvalue weighted by Crippen LogP contribution is 2.35. The Balaban J connectivity index is 2.22. The average molecular weight is 318 g/mol. The number of anilines is 1. The number of aryl methyl sites for hydroxylation is 2. The summed E-state index contributed by atoms with van der Waals surface area (Å²) < 4.78 is 39.5. The molecule has 114 valence electrons. The minimum absolute atomic E-state index is 0.0400. The topological polar surface area (TPSA) is 29.9 Å². The molecule has 1 unspecified atom stereocenters. The zero-order chi connectivity index (χ0) is 15.8. The molecule has 0 bridgehead atoms. The van der Waals surface area contributed by atoms with Crippen LogP contribution in [0.25, 0.3) is 0 Å². The van der Waals surface area contributed by atoms with Gasteiger partial charge in [0, 0.05) is 18.8 Å². The number of halogens is 4. The molecule has 1 heterocycles. The van der Waals surface area contributed by atoms with Crippen molar-refractivity contribution in [3.05, 3.63) is 46.2 Å². The van der Waals surface area contributed by atoms with Gasteiger partial charge in [-0.3, -0.25) is 4.68 Å². The van der Waals surface area contributed by atoms with E-state index in [2.05, 4.69) is 10.4 Å². The summed E-state index contributed by atoms with van der Waals surface area (Å²) in [6.07, 6.45) is -2.53. The first-order valence-corrected chi connectivity index (χ1v) is 6.69. The van der Waals surface area contributed by atoms with Gasteiger partial charge in [0.15, 0.2) is 0 Å². The Labute approximate surface area is 125 Å². The highest BCUT2D eigenvalue weighted by Gasteiger charge is 2.31. The van der Waals surface area contributed by atoms with Gasteiger partial charge in [0.25, 0.3) is 0 Å². The van der Waals surface area contributed by atoms with E-state index < -0.39 is 11.7 Å². The highest BCUT2D eigenvalue weighted by atomic mass is 35.5. The number of aromatic nitrogens is 2. The standard InChI is InChI=1S/C14H15ClF3N3/c1-8(11-7-21(3)20-9(11)2)19-13-5-4-10(6-12(13)15)14(16,17)18/h4-8,19H,1-3H3. The number of nitrogens with one attached hydrogen (secondary N) is 1. The lowest BCUT2D eigenvalue weighted by Gasteiger charge is -2.17. The lowest BCUT2D eigenvalue weighted by atomic mass is 10.1. The fourth-order valence-electron chi connectivity index (χ4n) is 2.16. The SMILES string of the molecule is Cc1nn(C)cc1C(C)Nc1ccc(C(F)(F)F)cc1Cl. The third kappa shape index (κ3) is 3.50. The van der Waals surface area contributed by atoms with Crippen molar-refractivity contribution in [1.82, 2.24) is 9.78 Å². The number of hydrogen-bond acceptors (Lipinski definition) is 2. The lowest BCUT2D eigenvalue weighted by Crippen LogP contribution is -2.09. The van der Waals surface area contributed by atoms with Gasteiger partial charge in [-0.1, -0.05) is 11.6 Å². The second kappa shape index (κ2) is 5.60. The van der Waals surface area contributed by atoms with Crippen LogP contribution in [0.4, 0.5) is 18.9 Å². The van der Waals surface area contributed by atoms with Crippen molar-refractivity contribution in [1.29, 1.82) is 0 Å². The predicted molar refractivity (Wildman–Crippen MR) is 76.4 cm³/mol. The fraction of sp³-hybridized carbons (Fsp3) is 0.357. The molecule has 1 aromatic carbocycles. The largest absolute Gasteiger partial charge is 0.416 e. The van der Waals surface area contributed by atoms with E-state index in [0.717, 1.165) is 23.4 Å². The zero-order valence-corrected chi connectivity index (χ0v) is 12.5. The maximum Gasteiger partial charge on any atom is 0.416 e. The summed E-state index contributed by atoms with van der Waals surface area (Å²) in [6.45, 7) is 3.78. The van der Waals surface area contributed by atoms with Crippen LogP contribution in [0.5, 0.6) is 0 Å². The quantitative estimate of drug-likeness (QED) is 0.898. The second-order valence-electron chi connectivity index (χ2n) is 4.90. The first kappa shape index (κ1) is 15.7. The van der Waals surface area contributed by atoms with Crippen LogP contribution in [0.15, 0.2) is 24.4 Å². The predicted octanol–water partition coefficient (Wildman–Crippen LogP) is 4.57. The molecule has 0 aliphatic rings. The number of benzene rings is 1. The van der Waals surface area contributed by atoms with Gasteiger partial charge in [-0.25, -0.2) is 0 Å². The summed E-state index contributed by atoms with van der Waals surface area (Å²) in [5, 5.41) is 7.38. The molecule has 7 heteroatoms. The van der Waals surface area contributed by atoms with Crippen LogP contribution in [0, 0.1) is 6.92 Å². The number of rotatable bonds is 3. The molecule has 2 aromatic rings. The molecular formula is C14H15ClF3N3. The maximum atomic E-state index is 12.6. The average Bonchev–Trinajstić information content (AvgIpc) is 2.69. The smallest absolute Gasteiger partial charge is 0.377 e. The van der Waals surface area contributed by atoms with Crippen LogP contribution in [0.3, 0.4) is 0 Å². The highest BCUT2D eigenvalue weighted by molar-refractivity contribution is 6.33. The van der Waals surface area contributed by atoms with E-state index >= 15 is 0 Å². The first-order valence-electron chi connectivity index (χ1n) is 6.32. The van der Waals surface area contributed by atoms with Crippen molar-refractivity contribution in [3.63, 3.8) is 0 Å². The van der Waals surface area contributed by atoms with Crippen LogP contribution in [-0.4, -0.2) is 9.78 Å². The van der Waals surface area contributed by atoms with E-state index in [1.807, 2.05) is 27.1 Å². The number of hydrogen-bond donors (Lipinski definition) is 1. The summed E-state index contributed by atoms with van der Waals surface area (Å²) in [7, 11) is 1.81. The molecule has 1 N–H and O–H groups in total. The van der Waals surface area contributed by atoms with Crippen molar-refractivity contribution in [2.75, 3.05) is 5.32 Å². The molecule has 3 nitrogen and oxygen atoms in total. The van der Waals surface area contributed by atoms with Crippen LogP contribution in [-0.2, 0) is 13.2 Å². The summed E-state index contributed by atoms with van der Waals surface area (Å²) in [4.78, 5) is 0. The summed E-state index contributed by atoms with van der Waals surface area (Å²) in [5.41, 5.74) is 1.53. The molecule has 0 radical (unpaired) electrons. The van der Waals surface area contributed by atoms with E-state index in [-0.39, 0.29) is 11.1 Å². The molecule has 0 fully saturated rings. The van der Waals surface area contributed by atoms with Gasteiger partial charge in [-0.2, -0.15) is 18.3 Å². The molecule has 0 aliphatic carbocycles. The Morgan fingerprint density at radius 2 is 2.00 bits per heavy atom. The molecule has 0 saturated heterocycles. The van der Waals surface area contributed by atoms with Crippen molar-refractivity contribution >= 4 is 17.3 Å². The summed E-state index contributed by atoms with van der Waals surface area (Å²) in [6, 6.07) is 3.16. The molecule has 0 aliphatic heterocycles. The Hall–Kier alpha value is -1.69. The minimum Gasteiger partial charge on any atom is -0.377 e. The van der Waals surface area contributed by atoms with Crippen molar-refractivity contribution in [2.24, 2.45) is 7.05 Å². The van der Waals surface area contributed by atoms with Crippen molar-refractivity contribution in [2.45, 2.75) is 26.1 Å². The third-order valence-corrected chi connectivity index (χ3v) is 3.50. The van der Waals surface area contributed by atoms with Crippen LogP contribution in [0.1, 0.15) is 29.8 Å². The molecular weight excluding hydrogens is 303 g/mol. The molecule has 0 saturated carbocycles. The van der Waals surface area contributed by atoms with Gasteiger partial charge >= 0.3 is 6.18 Å². The van der Waals surface area contributed by atoms with Gasteiger partial charge < -0.3 is 5.32 Å². The van der Waals surface area contributed by atoms with Crippen LogP contribution >= 0.6 is 11.6 Å². The molecule has 21 heavy (non-hydrogen) atoms.